The molecule has 2 rings (SSSR count). The van der Waals surface area contributed by atoms with Crippen molar-refractivity contribution < 1.29 is 13.9 Å². The fraction of sp³-hybridized carbons (Fsp3) is 0. The first-order valence-electron chi connectivity index (χ1n) is 3.91. The Hall–Kier alpha value is -2.17. The van der Waals surface area contributed by atoms with Gasteiger partial charge in [-0.2, -0.15) is 0 Å². The van der Waals surface area contributed by atoms with Crippen LogP contribution in [0.4, 0.5) is 10.5 Å². The zero-order valence-electron chi connectivity index (χ0n) is 7.19. The molecule has 1 heterocycles. The highest BCUT2D eigenvalue weighted by molar-refractivity contribution is 5.82. The van der Waals surface area contributed by atoms with Gasteiger partial charge in [0.1, 0.15) is 5.58 Å². The summed E-state index contributed by atoms with van der Waals surface area (Å²) in [5.74, 6) is 0.0677. The van der Waals surface area contributed by atoms with E-state index in [1.807, 2.05) is 0 Å². The summed E-state index contributed by atoms with van der Waals surface area (Å²) in [7, 11) is 0. The Bertz CT molecular complexity index is 490. The van der Waals surface area contributed by atoms with Crippen LogP contribution < -0.4 is 16.2 Å². The molecule has 0 unspecified atom stereocenters. The number of hydrogen-bond acceptors (Lipinski definition) is 4. The van der Waals surface area contributed by atoms with Crippen LogP contribution in [0.3, 0.4) is 0 Å². The number of fused-ring (bicyclic) bond motifs is 1. The molecule has 72 valence electrons. The van der Waals surface area contributed by atoms with Crippen LogP contribution >= 0.6 is 0 Å². The summed E-state index contributed by atoms with van der Waals surface area (Å²) >= 11 is 0. The van der Waals surface area contributed by atoms with E-state index in [0.717, 1.165) is 5.39 Å². The lowest BCUT2D eigenvalue weighted by Gasteiger charge is -1.91. The van der Waals surface area contributed by atoms with Crippen LogP contribution in [0.2, 0.25) is 0 Å². The van der Waals surface area contributed by atoms with Crippen LogP contribution in [-0.2, 0) is 0 Å². The first-order chi connectivity index (χ1) is 6.65. The van der Waals surface area contributed by atoms with Crippen LogP contribution in [0.1, 0.15) is 0 Å². The number of carbonyl (C=O) groups excluding carboxylic acids is 1. The van der Waals surface area contributed by atoms with Crippen molar-refractivity contribution in [3.8, 4) is 5.95 Å². The molecule has 0 atom stereocenters. The Labute approximate surface area is 79.2 Å². The minimum atomic E-state index is -0.906. The van der Waals surface area contributed by atoms with E-state index < -0.39 is 6.09 Å². The second-order valence-electron chi connectivity index (χ2n) is 2.78. The number of amides is 1. The lowest BCUT2D eigenvalue weighted by atomic mass is 10.2. The number of primary amides is 1. The maximum absolute atomic E-state index is 10.4. The molecule has 0 fully saturated rings. The summed E-state index contributed by atoms with van der Waals surface area (Å²) in [5.41, 5.74) is 11.6. The van der Waals surface area contributed by atoms with Gasteiger partial charge in [0.2, 0.25) is 0 Å². The molecule has 2 aromatic rings. The highest BCUT2D eigenvalue weighted by Gasteiger charge is 2.06. The molecular weight excluding hydrogens is 184 g/mol. The number of anilines is 1. The number of carbonyl (C=O) groups is 1. The molecule has 0 bridgehead atoms. The Morgan fingerprint density at radius 1 is 1.36 bits per heavy atom. The Balaban J connectivity index is 2.46. The molecule has 0 aliphatic heterocycles. The summed E-state index contributed by atoms with van der Waals surface area (Å²) < 4.78 is 9.73. The van der Waals surface area contributed by atoms with Gasteiger partial charge in [-0.1, -0.05) is 0 Å². The van der Waals surface area contributed by atoms with Crippen molar-refractivity contribution in [2.75, 3.05) is 5.73 Å². The first kappa shape index (κ1) is 8.43. The number of furan rings is 1. The van der Waals surface area contributed by atoms with Gasteiger partial charge in [0.15, 0.2) is 0 Å². The van der Waals surface area contributed by atoms with Crippen molar-refractivity contribution in [2.24, 2.45) is 5.73 Å². The summed E-state index contributed by atoms with van der Waals surface area (Å²) in [5, 5.41) is 0.765. The van der Waals surface area contributed by atoms with E-state index in [1.54, 1.807) is 24.3 Å². The summed E-state index contributed by atoms with van der Waals surface area (Å²) in [6, 6.07) is 6.65. The number of nitrogen functional groups attached to an aromatic ring is 1. The van der Waals surface area contributed by atoms with E-state index in [1.165, 1.54) is 0 Å². The monoisotopic (exact) mass is 192 g/mol. The highest BCUT2D eigenvalue weighted by Crippen LogP contribution is 2.26. The standard InChI is InChI=1S/C9H8N2O3/c10-6-1-2-7-5(3-6)4-8(13-7)14-9(11)12/h1-4H,10H2,(H2,11,12). The summed E-state index contributed by atoms with van der Waals surface area (Å²) in [6.45, 7) is 0. The lowest BCUT2D eigenvalue weighted by molar-refractivity contribution is 0.199. The van der Waals surface area contributed by atoms with Crippen molar-refractivity contribution in [2.45, 2.75) is 0 Å². The molecule has 0 aliphatic carbocycles. The van der Waals surface area contributed by atoms with E-state index in [2.05, 4.69) is 4.74 Å². The van der Waals surface area contributed by atoms with Crippen molar-refractivity contribution in [3.63, 3.8) is 0 Å². The second kappa shape index (κ2) is 2.95. The second-order valence-corrected chi connectivity index (χ2v) is 2.78. The zero-order chi connectivity index (χ0) is 10.1. The minimum absolute atomic E-state index is 0.0677. The molecule has 5 nitrogen and oxygen atoms in total. The molecule has 1 amide bonds. The number of benzene rings is 1. The van der Waals surface area contributed by atoms with Crippen molar-refractivity contribution >= 4 is 22.7 Å². The normalized spacial score (nSPS) is 10.3. The van der Waals surface area contributed by atoms with Crippen LogP contribution in [-0.4, -0.2) is 6.09 Å². The molecule has 5 heteroatoms. The van der Waals surface area contributed by atoms with Crippen LogP contribution in [0, 0.1) is 0 Å². The fourth-order valence-corrected chi connectivity index (χ4v) is 1.19. The quantitative estimate of drug-likeness (QED) is 0.669. The topological polar surface area (TPSA) is 91.5 Å². The minimum Gasteiger partial charge on any atom is -0.425 e. The van der Waals surface area contributed by atoms with Crippen LogP contribution in [0.25, 0.3) is 11.0 Å². The molecule has 1 aromatic heterocycles. The van der Waals surface area contributed by atoms with Crippen LogP contribution in [0.5, 0.6) is 5.95 Å². The van der Waals surface area contributed by atoms with Gasteiger partial charge in [0.05, 0.1) is 0 Å². The summed E-state index contributed by atoms with van der Waals surface area (Å²) in [4.78, 5) is 10.4. The molecule has 4 N–H and O–H groups in total. The SMILES string of the molecule is NC(=O)Oc1cc2cc(N)ccc2o1. The van der Waals surface area contributed by atoms with Gasteiger partial charge in [0.25, 0.3) is 5.95 Å². The van der Waals surface area contributed by atoms with Gasteiger partial charge in [-0.05, 0) is 18.2 Å². The van der Waals surface area contributed by atoms with Crippen molar-refractivity contribution in [1.29, 1.82) is 0 Å². The Kier molecular flexibility index (Phi) is 1.78. The summed E-state index contributed by atoms with van der Waals surface area (Å²) in [6.07, 6.45) is -0.906. The van der Waals surface area contributed by atoms with Gasteiger partial charge in [-0.3, -0.25) is 0 Å². The van der Waals surface area contributed by atoms with Crippen LogP contribution in [0.15, 0.2) is 28.7 Å². The van der Waals surface area contributed by atoms with E-state index in [0.29, 0.717) is 11.3 Å². The van der Waals surface area contributed by atoms with E-state index in [4.69, 9.17) is 15.9 Å². The number of hydrogen-bond donors (Lipinski definition) is 2. The maximum atomic E-state index is 10.4. The third-order valence-corrected chi connectivity index (χ3v) is 1.72. The predicted octanol–water partition coefficient (Wildman–Crippen LogP) is 1.47. The van der Waals surface area contributed by atoms with E-state index in [-0.39, 0.29) is 5.95 Å². The third-order valence-electron chi connectivity index (χ3n) is 1.72. The Morgan fingerprint density at radius 2 is 2.14 bits per heavy atom. The smallest absolute Gasteiger partial charge is 0.412 e. The van der Waals surface area contributed by atoms with Gasteiger partial charge >= 0.3 is 6.09 Å². The van der Waals surface area contributed by atoms with Gasteiger partial charge < -0.3 is 20.6 Å². The first-order valence-corrected chi connectivity index (χ1v) is 3.91. The van der Waals surface area contributed by atoms with E-state index in [9.17, 15) is 4.79 Å². The van der Waals surface area contributed by atoms with Gasteiger partial charge in [-0.25, -0.2) is 4.79 Å². The van der Waals surface area contributed by atoms with Crippen molar-refractivity contribution in [3.05, 3.63) is 24.3 Å². The molecule has 0 saturated carbocycles. The largest absolute Gasteiger partial charge is 0.425 e. The molecule has 0 spiro atoms. The maximum Gasteiger partial charge on any atom is 0.412 e. The molecule has 0 saturated heterocycles. The molecule has 0 aliphatic rings. The predicted molar refractivity (Wildman–Crippen MR) is 50.8 cm³/mol. The van der Waals surface area contributed by atoms with Crippen molar-refractivity contribution in [1.82, 2.24) is 0 Å². The fourth-order valence-electron chi connectivity index (χ4n) is 1.19. The van der Waals surface area contributed by atoms with E-state index >= 15 is 0 Å². The molecule has 1 aromatic carbocycles. The number of nitrogens with two attached hydrogens (primary N) is 2. The number of ether oxygens (including phenoxy) is 1. The van der Waals surface area contributed by atoms with Gasteiger partial charge in [-0.15, -0.1) is 0 Å². The van der Waals surface area contributed by atoms with Gasteiger partial charge in [0, 0.05) is 17.1 Å². The number of rotatable bonds is 1. The molecular formula is C9H8N2O3. The highest BCUT2D eigenvalue weighted by atomic mass is 16.6. The molecule has 0 radical (unpaired) electrons. The average molecular weight is 192 g/mol. The lowest BCUT2D eigenvalue weighted by Crippen LogP contribution is -2.15. The Morgan fingerprint density at radius 3 is 2.86 bits per heavy atom. The third kappa shape index (κ3) is 1.47. The zero-order valence-corrected chi connectivity index (χ0v) is 7.19. The molecule has 14 heavy (non-hydrogen) atoms. The average Bonchev–Trinajstić information content (AvgIpc) is 2.44.